The minimum atomic E-state index is -0.180. The fraction of sp³-hybridized carbons (Fsp3) is 0.438. The number of benzene rings is 1. The lowest BCUT2D eigenvalue weighted by molar-refractivity contribution is -0.127. The molecule has 0 saturated carbocycles. The summed E-state index contributed by atoms with van der Waals surface area (Å²) in [6, 6.07) is 9.67. The quantitative estimate of drug-likeness (QED) is 0.803. The van der Waals surface area contributed by atoms with E-state index in [1.165, 1.54) is 0 Å². The standard InChI is InChI=1S/C16H20N4O3/c21-15(11-22-10-13-7-4-8-23-13)17-9-14-18-16(20-19-14)12-5-2-1-3-6-12/h1-3,5-6,13H,4,7-11H2,(H,17,21)(H,18,19,20)/t13-/m0/s1. The predicted octanol–water partition coefficient (Wildman–Crippen LogP) is 1.28. The molecular formula is C16H20N4O3. The van der Waals surface area contributed by atoms with E-state index in [1.807, 2.05) is 30.3 Å². The van der Waals surface area contributed by atoms with Crippen LogP contribution in [0.15, 0.2) is 30.3 Å². The SMILES string of the molecule is O=C(COC[C@@H]1CCCO1)NCc1nc(-c2ccccc2)n[nH]1. The molecule has 0 aliphatic carbocycles. The average Bonchev–Trinajstić information content (AvgIpc) is 3.25. The van der Waals surface area contributed by atoms with Crippen LogP contribution < -0.4 is 5.32 Å². The summed E-state index contributed by atoms with van der Waals surface area (Å²) in [6.07, 6.45) is 2.20. The first-order valence-electron chi connectivity index (χ1n) is 7.74. The van der Waals surface area contributed by atoms with Crippen molar-refractivity contribution in [3.8, 4) is 11.4 Å². The van der Waals surface area contributed by atoms with E-state index in [1.54, 1.807) is 0 Å². The molecule has 1 aliphatic rings. The van der Waals surface area contributed by atoms with Crippen molar-refractivity contribution in [1.29, 1.82) is 0 Å². The van der Waals surface area contributed by atoms with Crippen molar-refractivity contribution >= 4 is 5.91 Å². The van der Waals surface area contributed by atoms with Crippen LogP contribution in [-0.2, 0) is 20.8 Å². The molecule has 122 valence electrons. The summed E-state index contributed by atoms with van der Waals surface area (Å²) in [6.45, 7) is 1.57. The van der Waals surface area contributed by atoms with Gasteiger partial charge < -0.3 is 14.8 Å². The van der Waals surface area contributed by atoms with Crippen LogP contribution >= 0.6 is 0 Å². The molecule has 23 heavy (non-hydrogen) atoms. The number of ether oxygens (including phenoxy) is 2. The molecule has 2 N–H and O–H groups in total. The fourth-order valence-corrected chi connectivity index (χ4v) is 2.38. The van der Waals surface area contributed by atoms with Crippen LogP contribution in [0.5, 0.6) is 0 Å². The molecule has 7 heteroatoms. The Morgan fingerprint density at radius 2 is 2.26 bits per heavy atom. The van der Waals surface area contributed by atoms with Crippen molar-refractivity contribution < 1.29 is 14.3 Å². The normalized spacial score (nSPS) is 17.3. The van der Waals surface area contributed by atoms with Gasteiger partial charge >= 0.3 is 0 Å². The van der Waals surface area contributed by atoms with E-state index in [4.69, 9.17) is 9.47 Å². The van der Waals surface area contributed by atoms with Crippen LogP contribution in [0.1, 0.15) is 18.7 Å². The Balaban J connectivity index is 1.40. The van der Waals surface area contributed by atoms with Gasteiger partial charge in [-0.15, -0.1) is 0 Å². The van der Waals surface area contributed by atoms with Crippen LogP contribution in [-0.4, -0.2) is 47.0 Å². The summed E-state index contributed by atoms with van der Waals surface area (Å²) >= 11 is 0. The van der Waals surface area contributed by atoms with Gasteiger partial charge in [-0.1, -0.05) is 30.3 Å². The summed E-state index contributed by atoms with van der Waals surface area (Å²) in [7, 11) is 0. The van der Waals surface area contributed by atoms with E-state index in [0.717, 1.165) is 25.0 Å². The van der Waals surface area contributed by atoms with Crippen LogP contribution in [0.25, 0.3) is 11.4 Å². The highest BCUT2D eigenvalue weighted by molar-refractivity contribution is 5.77. The first-order chi connectivity index (χ1) is 11.3. The molecule has 2 aromatic rings. The number of nitrogens with one attached hydrogen (secondary N) is 2. The second-order valence-electron chi connectivity index (χ2n) is 5.40. The maximum Gasteiger partial charge on any atom is 0.246 e. The number of carbonyl (C=O) groups excluding carboxylic acids is 1. The highest BCUT2D eigenvalue weighted by atomic mass is 16.5. The predicted molar refractivity (Wildman–Crippen MR) is 83.5 cm³/mol. The van der Waals surface area contributed by atoms with Gasteiger partial charge in [-0.05, 0) is 12.8 Å². The maximum absolute atomic E-state index is 11.7. The van der Waals surface area contributed by atoms with Gasteiger partial charge in [-0.3, -0.25) is 9.89 Å². The summed E-state index contributed by atoms with van der Waals surface area (Å²) in [5, 5.41) is 9.72. The van der Waals surface area contributed by atoms with Crippen LogP contribution in [0.3, 0.4) is 0 Å². The van der Waals surface area contributed by atoms with Crippen LogP contribution in [0, 0.1) is 0 Å². The molecule has 1 fully saturated rings. The monoisotopic (exact) mass is 316 g/mol. The van der Waals surface area contributed by atoms with Crippen molar-refractivity contribution in [2.45, 2.75) is 25.5 Å². The van der Waals surface area contributed by atoms with Gasteiger partial charge in [0.15, 0.2) is 5.82 Å². The number of hydrogen-bond acceptors (Lipinski definition) is 5. The summed E-state index contributed by atoms with van der Waals surface area (Å²) < 4.78 is 10.8. The largest absolute Gasteiger partial charge is 0.376 e. The highest BCUT2D eigenvalue weighted by Crippen LogP contribution is 2.13. The number of aromatic nitrogens is 3. The smallest absolute Gasteiger partial charge is 0.246 e. The van der Waals surface area contributed by atoms with Crippen molar-refractivity contribution in [1.82, 2.24) is 20.5 Å². The first kappa shape index (κ1) is 15.6. The van der Waals surface area contributed by atoms with Crippen molar-refractivity contribution in [2.75, 3.05) is 19.8 Å². The Morgan fingerprint density at radius 1 is 1.39 bits per heavy atom. The molecular weight excluding hydrogens is 296 g/mol. The third-order valence-electron chi connectivity index (χ3n) is 3.58. The summed E-state index contributed by atoms with van der Waals surface area (Å²) in [4.78, 5) is 16.1. The fourth-order valence-electron chi connectivity index (χ4n) is 2.38. The van der Waals surface area contributed by atoms with Gasteiger partial charge in [0.2, 0.25) is 5.91 Å². The number of carbonyl (C=O) groups is 1. The molecule has 2 heterocycles. The number of amides is 1. The van der Waals surface area contributed by atoms with Crippen LogP contribution in [0.4, 0.5) is 0 Å². The zero-order valence-electron chi connectivity index (χ0n) is 12.8. The van der Waals surface area contributed by atoms with E-state index in [9.17, 15) is 4.79 Å². The summed E-state index contributed by atoms with van der Waals surface area (Å²) in [5.41, 5.74) is 0.932. The molecule has 0 unspecified atom stereocenters. The number of H-pyrrole nitrogens is 1. The Labute approximate surface area is 134 Å². The molecule has 1 amide bonds. The average molecular weight is 316 g/mol. The molecule has 3 rings (SSSR count). The molecule has 0 spiro atoms. The highest BCUT2D eigenvalue weighted by Gasteiger charge is 2.16. The second-order valence-corrected chi connectivity index (χ2v) is 5.40. The second kappa shape index (κ2) is 7.85. The zero-order valence-corrected chi connectivity index (χ0v) is 12.8. The van der Waals surface area contributed by atoms with Gasteiger partial charge in [-0.25, -0.2) is 4.98 Å². The number of nitrogens with zero attached hydrogens (tertiary/aromatic N) is 2. The van der Waals surface area contributed by atoms with Crippen LogP contribution in [0.2, 0.25) is 0 Å². The minimum absolute atomic E-state index is 0.0273. The lowest BCUT2D eigenvalue weighted by Crippen LogP contribution is -2.29. The molecule has 1 aromatic carbocycles. The lowest BCUT2D eigenvalue weighted by Gasteiger charge is -2.09. The number of hydrogen-bond donors (Lipinski definition) is 2. The van der Waals surface area contributed by atoms with E-state index < -0.39 is 0 Å². The molecule has 1 atom stereocenters. The van der Waals surface area contributed by atoms with Crippen molar-refractivity contribution in [3.05, 3.63) is 36.2 Å². The third-order valence-corrected chi connectivity index (χ3v) is 3.58. The van der Waals surface area contributed by atoms with Gasteiger partial charge in [0.05, 0.1) is 19.3 Å². The third kappa shape index (κ3) is 4.61. The number of rotatable bonds is 7. The van der Waals surface area contributed by atoms with Gasteiger partial charge in [-0.2, -0.15) is 5.10 Å². The van der Waals surface area contributed by atoms with E-state index in [-0.39, 0.29) is 18.6 Å². The lowest BCUT2D eigenvalue weighted by atomic mass is 10.2. The number of aromatic amines is 1. The Hall–Kier alpha value is -2.25. The molecule has 0 radical (unpaired) electrons. The first-order valence-corrected chi connectivity index (χ1v) is 7.74. The topological polar surface area (TPSA) is 89.1 Å². The van der Waals surface area contributed by atoms with Gasteiger partial charge in [0, 0.05) is 12.2 Å². The molecule has 1 aromatic heterocycles. The van der Waals surface area contributed by atoms with E-state index in [0.29, 0.717) is 24.8 Å². The Morgan fingerprint density at radius 3 is 3.04 bits per heavy atom. The molecule has 0 bridgehead atoms. The maximum atomic E-state index is 11.7. The van der Waals surface area contributed by atoms with Gasteiger partial charge in [0.25, 0.3) is 0 Å². The Kier molecular flexibility index (Phi) is 5.33. The summed E-state index contributed by atoms with van der Waals surface area (Å²) in [5.74, 6) is 1.04. The molecule has 7 nitrogen and oxygen atoms in total. The minimum Gasteiger partial charge on any atom is -0.376 e. The van der Waals surface area contributed by atoms with E-state index in [2.05, 4.69) is 20.5 Å². The van der Waals surface area contributed by atoms with Crippen molar-refractivity contribution in [3.63, 3.8) is 0 Å². The van der Waals surface area contributed by atoms with Gasteiger partial charge in [0.1, 0.15) is 12.4 Å². The zero-order chi connectivity index (χ0) is 15.9. The van der Waals surface area contributed by atoms with E-state index >= 15 is 0 Å². The Bertz CT molecular complexity index is 623. The van der Waals surface area contributed by atoms with Crippen molar-refractivity contribution in [2.24, 2.45) is 0 Å². The molecule has 1 aliphatic heterocycles. The molecule has 1 saturated heterocycles.